The summed E-state index contributed by atoms with van der Waals surface area (Å²) in [5.41, 5.74) is 2.49. The molecule has 2 rings (SSSR count). The summed E-state index contributed by atoms with van der Waals surface area (Å²) in [5.74, 6) is -0.667. The first-order valence-corrected chi connectivity index (χ1v) is 6.67. The minimum absolute atomic E-state index is 0.180. The van der Waals surface area contributed by atoms with Crippen molar-refractivity contribution in [1.82, 2.24) is 0 Å². The Hall–Kier alpha value is -1.55. The van der Waals surface area contributed by atoms with Crippen LogP contribution in [-0.2, 0) is 9.53 Å². The summed E-state index contributed by atoms with van der Waals surface area (Å²) < 4.78 is 18.7. The van der Waals surface area contributed by atoms with Crippen LogP contribution in [-0.4, -0.2) is 18.8 Å². The first-order chi connectivity index (χ1) is 8.54. The molecular weight excluding hydrogens is 251 g/mol. The Morgan fingerprint density at radius 1 is 1.50 bits per heavy atom. The number of cyclic esters (lactones) is 1. The molecule has 0 saturated carbocycles. The number of hydrogen-bond donors (Lipinski definition) is 0. The Morgan fingerprint density at radius 3 is 2.78 bits per heavy atom. The molecule has 0 fully saturated rings. The normalized spacial score (nSPS) is 14.9. The van der Waals surface area contributed by atoms with Crippen molar-refractivity contribution in [3.8, 4) is 0 Å². The zero-order valence-electron chi connectivity index (χ0n) is 10.2. The lowest BCUT2D eigenvalue weighted by Gasteiger charge is -2.06. The molecule has 0 saturated heterocycles. The van der Waals surface area contributed by atoms with E-state index in [1.807, 2.05) is 6.26 Å². The van der Waals surface area contributed by atoms with Gasteiger partial charge in [-0.3, -0.25) is 0 Å². The smallest absolute Gasteiger partial charge is 0.339 e. The maximum Gasteiger partial charge on any atom is 0.339 e. The minimum atomic E-state index is -0.383. The zero-order chi connectivity index (χ0) is 13.3. The summed E-state index contributed by atoms with van der Waals surface area (Å²) in [4.78, 5) is 12.2. The lowest BCUT2D eigenvalue weighted by atomic mass is 9.98. The van der Waals surface area contributed by atoms with Crippen molar-refractivity contribution in [3.63, 3.8) is 0 Å². The average Bonchev–Trinajstić information content (AvgIpc) is 2.71. The van der Waals surface area contributed by atoms with Gasteiger partial charge in [-0.1, -0.05) is 12.6 Å². The van der Waals surface area contributed by atoms with Crippen molar-refractivity contribution in [1.29, 1.82) is 0 Å². The van der Waals surface area contributed by atoms with Gasteiger partial charge in [-0.05, 0) is 36.4 Å². The lowest BCUT2D eigenvalue weighted by Crippen LogP contribution is -1.99. The van der Waals surface area contributed by atoms with Crippen LogP contribution in [0.3, 0.4) is 0 Å². The van der Waals surface area contributed by atoms with Gasteiger partial charge in [-0.2, -0.15) is 0 Å². The van der Waals surface area contributed by atoms with E-state index >= 15 is 0 Å². The van der Waals surface area contributed by atoms with Gasteiger partial charge in [0.1, 0.15) is 12.4 Å². The topological polar surface area (TPSA) is 26.3 Å². The number of ether oxygens (including phenoxy) is 1. The van der Waals surface area contributed by atoms with Gasteiger partial charge in [0.15, 0.2) is 0 Å². The molecule has 0 aromatic heterocycles. The van der Waals surface area contributed by atoms with Crippen molar-refractivity contribution >= 4 is 23.3 Å². The third-order valence-electron chi connectivity index (χ3n) is 2.78. The van der Waals surface area contributed by atoms with Crippen LogP contribution in [0.15, 0.2) is 40.8 Å². The van der Waals surface area contributed by atoms with E-state index in [0.717, 1.165) is 0 Å². The zero-order valence-corrected chi connectivity index (χ0v) is 11.1. The van der Waals surface area contributed by atoms with Gasteiger partial charge in [-0.25, -0.2) is 9.18 Å². The van der Waals surface area contributed by atoms with Crippen LogP contribution in [0.25, 0.3) is 5.57 Å². The highest BCUT2D eigenvalue weighted by Gasteiger charge is 2.26. The molecule has 0 radical (unpaired) electrons. The van der Waals surface area contributed by atoms with E-state index in [1.54, 1.807) is 19.1 Å². The molecule has 0 atom stereocenters. The first-order valence-electron chi connectivity index (χ1n) is 5.44. The molecule has 1 aromatic rings. The largest absolute Gasteiger partial charge is 0.457 e. The Kier molecular flexibility index (Phi) is 3.57. The molecule has 0 N–H and O–H groups in total. The molecule has 0 aliphatic carbocycles. The highest BCUT2D eigenvalue weighted by Crippen LogP contribution is 2.31. The number of esters is 1. The van der Waals surface area contributed by atoms with E-state index in [2.05, 4.69) is 6.58 Å². The predicted molar refractivity (Wildman–Crippen MR) is 70.9 cm³/mol. The van der Waals surface area contributed by atoms with Gasteiger partial charge < -0.3 is 4.74 Å². The average molecular weight is 264 g/mol. The summed E-state index contributed by atoms with van der Waals surface area (Å²) in [7, 11) is 0. The molecule has 1 aliphatic rings. The molecule has 0 bridgehead atoms. The number of rotatable bonds is 3. The molecule has 1 aliphatic heterocycles. The van der Waals surface area contributed by atoms with Crippen molar-refractivity contribution in [3.05, 3.63) is 47.3 Å². The summed E-state index contributed by atoms with van der Waals surface area (Å²) >= 11 is 1.35. The van der Waals surface area contributed by atoms with Gasteiger partial charge in [0, 0.05) is 10.5 Å². The van der Waals surface area contributed by atoms with Gasteiger partial charge in [0.25, 0.3) is 0 Å². The van der Waals surface area contributed by atoms with Gasteiger partial charge >= 0.3 is 5.97 Å². The fourth-order valence-electron chi connectivity index (χ4n) is 1.92. The van der Waals surface area contributed by atoms with Crippen LogP contribution < -0.4 is 0 Å². The third-order valence-corrected chi connectivity index (χ3v) is 3.55. The third kappa shape index (κ3) is 2.20. The van der Waals surface area contributed by atoms with Crippen molar-refractivity contribution in [2.45, 2.75) is 11.8 Å². The standard InChI is InChI=1S/C14H13FO2S/c1-8(2)13-10(7-17-14(13)16)9-4-5-12(18-3)11(15)6-9/h4-6H,1,7H2,2-3H3. The molecule has 1 aromatic carbocycles. The molecule has 2 nitrogen and oxygen atoms in total. The van der Waals surface area contributed by atoms with Crippen LogP contribution in [0.5, 0.6) is 0 Å². The van der Waals surface area contributed by atoms with Crippen LogP contribution in [0.1, 0.15) is 12.5 Å². The van der Waals surface area contributed by atoms with Crippen LogP contribution >= 0.6 is 11.8 Å². The highest BCUT2D eigenvalue weighted by molar-refractivity contribution is 7.98. The maximum absolute atomic E-state index is 13.7. The number of benzene rings is 1. The summed E-state index contributed by atoms with van der Waals surface area (Å²) in [6.45, 7) is 5.69. The highest BCUT2D eigenvalue weighted by atomic mass is 32.2. The Balaban J connectivity index is 2.51. The summed E-state index contributed by atoms with van der Waals surface area (Å²) in [6, 6.07) is 4.95. The van der Waals surface area contributed by atoms with E-state index in [-0.39, 0.29) is 18.4 Å². The molecule has 94 valence electrons. The number of hydrogen-bond acceptors (Lipinski definition) is 3. The van der Waals surface area contributed by atoms with E-state index < -0.39 is 0 Å². The lowest BCUT2D eigenvalue weighted by molar-refractivity contribution is -0.135. The quantitative estimate of drug-likeness (QED) is 0.618. The summed E-state index contributed by atoms with van der Waals surface area (Å²) in [5, 5.41) is 0. The molecule has 4 heteroatoms. The van der Waals surface area contributed by atoms with E-state index in [1.165, 1.54) is 17.8 Å². The van der Waals surface area contributed by atoms with E-state index in [9.17, 15) is 9.18 Å². The van der Waals surface area contributed by atoms with Gasteiger partial charge in [-0.15, -0.1) is 11.8 Å². The van der Waals surface area contributed by atoms with Crippen LogP contribution in [0.2, 0.25) is 0 Å². The molecule has 0 amide bonds. The Bertz CT molecular complexity index is 561. The fraction of sp³-hybridized carbons (Fsp3) is 0.214. The van der Waals surface area contributed by atoms with Gasteiger partial charge in [0.05, 0.1) is 5.57 Å². The second-order valence-corrected chi connectivity index (χ2v) is 4.91. The van der Waals surface area contributed by atoms with Crippen LogP contribution in [0.4, 0.5) is 4.39 Å². The molecule has 0 spiro atoms. The second kappa shape index (κ2) is 4.98. The molecule has 0 unspecified atom stereocenters. The van der Waals surface area contributed by atoms with E-state index in [4.69, 9.17) is 4.74 Å². The Labute approximate surface area is 110 Å². The van der Waals surface area contributed by atoms with Crippen molar-refractivity contribution < 1.29 is 13.9 Å². The summed E-state index contributed by atoms with van der Waals surface area (Å²) in [6.07, 6.45) is 1.82. The molecule has 18 heavy (non-hydrogen) atoms. The Morgan fingerprint density at radius 2 is 2.22 bits per heavy atom. The maximum atomic E-state index is 13.7. The number of thioether (sulfide) groups is 1. The van der Waals surface area contributed by atoms with E-state index in [0.29, 0.717) is 27.2 Å². The number of halogens is 1. The monoisotopic (exact) mass is 264 g/mol. The fourth-order valence-corrected chi connectivity index (χ4v) is 2.38. The van der Waals surface area contributed by atoms with Crippen molar-refractivity contribution in [2.75, 3.05) is 12.9 Å². The number of carbonyl (C=O) groups excluding carboxylic acids is 1. The van der Waals surface area contributed by atoms with Crippen molar-refractivity contribution in [2.24, 2.45) is 0 Å². The predicted octanol–water partition coefficient (Wildman–Crippen LogP) is 3.43. The molecular formula is C14H13FO2S. The second-order valence-electron chi connectivity index (χ2n) is 4.06. The van der Waals surface area contributed by atoms with Crippen LogP contribution in [0, 0.1) is 5.82 Å². The SMILES string of the molecule is C=C(C)C1=C(c2ccc(SC)c(F)c2)COC1=O. The first kappa shape index (κ1) is 12.9. The minimum Gasteiger partial charge on any atom is -0.457 e. The molecule has 1 heterocycles. The number of carbonyl (C=O) groups is 1. The van der Waals surface area contributed by atoms with Gasteiger partial charge in [0.2, 0.25) is 0 Å².